The molecule has 0 bridgehead atoms. The van der Waals surface area contributed by atoms with E-state index >= 15 is 0 Å². The summed E-state index contributed by atoms with van der Waals surface area (Å²) in [7, 11) is 0. The predicted molar refractivity (Wildman–Crippen MR) is 73.5 cm³/mol. The highest BCUT2D eigenvalue weighted by Gasteiger charge is 2.37. The van der Waals surface area contributed by atoms with Crippen molar-refractivity contribution in [2.45, 2.75) is 12.3 Å². The predicted octanol–water partition coefficient (Wildman–Crippen LogP) is 3.81. The number of para-hydroxylation sites is 3. The first-order valence-corrected chi connectivity index (χ1v) is 6.27. The van der Waals surface area contributed by atoms with E-state index in [0.717, 1.165) is 0 Å². The molecule has 6 heteroatoms. The van der Waals surface area contributed by atoms with Gasteiger partial charge in [-0.05, 0) is 24.3 Å². The van der Waals surface area contributed by atoms with Gasteiger partial charge in [0.15, 0.2) is 11.9 Å². The molecular weight excluding hydrogens is 283 g/mol. The Morgan fingerprint density at radius 1 is 1.00 bits per heavy atom. The quantitative estimate of drug-likeness (QED) is 0.881. The molecule has 0 aliphatic carbocycles. The van der Waals surface area contributed by atoms with Crippen LogP contribution in [0.15, 0.2) is 54.6 Å². The van der Waals surface area contributed by atoms with E-state index < -0.39 is 18.8 Å². The second kappa shape index (κ2) is 6.49. The van der Waals surface area contributed by atoms with Crippen molar-refractivity contribution >= 4 is 5.69 Å². The van der Waals surface area contributed by atoms with E-state index in [4.69, 9.17) is 9.84 Å². The van der Waals surface area contributed by atoms with E-state index in [9.17, 15) is 13.2 Å². The number of hydrogen-bond donors (Lipinski definition) is 2. The van der Waals surface area contributed by atoms with Crippen molar-refractivity contribution in [1.29, 1.82) is 0 Å². The van der Waals surface area contributed by atoms with E-state index in [0.29, 0.717) is 17.2 Å². The molecule has 0 radical (unpaired) electrons. The standard InChI is InChI=1S/C15H14F3NO2/c16-15(17,18)14(20)10-19-12-8-4-5-9-13(12)21-11-6-2-1-3-7-11/h1-9,14,19-20H,10H2. The molecule has 0 aromatic heterocycles. The van der Waals surface area contributed by atoms with Crippen LogP contribution in [0.5, 0.6) is 11.5 Å². The van der Waals surface area contributed by atoms with Gasteiger partial charge in [0.1, 0.15) is 5.75 Å². The number of aliphatic hydroxyl groups is 1. The number of halogens is 3. The second-order valence-electron chi connectivity index (χ2n) is 4.35. The van der Waals surface area contributed by atoms with Crippen molar-refractivity contribution in [1.82, 2.24) is 0 Å². The summed E-state index contributed by atoms with van der Waals surface area (Å²) < 4.78 is 42.4. The molecule has 3 nitrogen and oxygen atoms in total. The molecule has 0 saturated carbocycles. The Morgan fingerprint density at radius 3 is 2.29 bits per heavy atom. The summed E-state index contributed by atoms with van der Waals surface area (Å²) in [6, 6.07) is 15.5. The first-order chi connectivity index (χ1) is 9.97. The lowest BCUT2D eigenvalue weighted by atomic mass is 10.2. The Bertz CT molecular complexity index is 573. The highest BCUT2D eigenvalue weighted by atomic mass is 19.4. The Balaban J connectivity index is 2.07. The number of aliphatic hydroxyl groups excluding tert-OH is 1. The van der Waals surface area contributed by atoms with Crippen molar-refractivity contribution in [3.8, 4) is 11.5 Å². The Kier molecular flexibility index (Phi) is 4.70. The molecule has 2 aromatic rings. The summed E-state index contributed by atoms with van der Waals surface area (Å²) in [4.78, 5) is 0. The normalized spacial score (nSPS) is 12.8. The molecule has 0 amide bonds. The first kappa shape index (κ1) is 15.2. The molecule has 1 atom stereocenters. The van der Waals surface area contributed by atoms with Crippen LogP contribution in [0.25, 0.3) is 0 Å². The van der Waals surface area contributed by atoms with E-state index in [2.05, 4.69) is 5.32 Å². The fourth-order valence-corrected chi connectivity index (χ4v) is 1.64. The SMILES string of the molecule is OC(CNc1ccccc1Oc1ccccc1)C(F)(F)F. The van der Waals surface area contributed by atoms with E-state index in [1.807, 2.05) is 6.07 Å². The van der Waals surface area contributed by atoms with Crippen molar-refractivity contribution in [2.24, 2.45) is 0 Å². The Labute approximate surface area is 120 Å². The number of hydrogen-bond acceptors (Lipinski definition) is 3. The van der Waals surface area contributed by atoms with Gasteiger partial charge >= 0.3 is 6.18 Å². The zero-order chi connectivity index (χ0) is 15.3. The van der Waals surface area contributed by atoms with Gasteiger partial charge in [-0.2, -0.15) is 13.2 Å². The lowest BCUT2D eigenvalue weighted by Crippen LogP contribution is -2.35. The van der Waals surface area contributed by atoms with Crippen LogP contribution in [0.1, 0.15) is 0 Å². The van der Waals surface area contributed by atoms with Gasteiger partial charge in [-0.3, -0.25) is 0 Å². The van der Waals surface area contributed by atoms with Crippen LogP contribution < -0.4 is 10.1 Å². The number of nitrogens with one attached hydrogen (secondary N) is 1. The van der Waals surface area contributed by atoms with Crippen LogP contribution in [0, 0.1) is 0 Å². The van der Waals surface area contributed by atoms with Gasteiger partial charge in [-0.1, -0.05) is 30.3 Å². The molecule has 0 saturated heterocycles. The molecule has 0 aliphatic heterocycles. The average Bonchev–Trinajstić information content (AvgIpc) is 2.46. The van der Waals surface area contributed by atoms with Gasteiger partial charge in [0, 0.05) is 6.54 Å². The summed E-state index contributed by atoms with van der Waals surface area (Å²) in [5.74, 6) is 0.959. The zero-order valence-corrected chi connectivity index (χ0v) is 11.0. The van der Waals surface area contributed by atoms with Gasteiger partial charge < -0.3 is 15.2 Å². The summed E-state index contributed by atoms with van der Waals surface area (Å²) in [6.07, 6.45) is -7.08. The lowest BCUT2D eigenvalue weighted by Gasteiger charge is -2.17. The highest BCUT2D eigenvalue weighted by molar-refractivity contribution is 5.57. The summed E-state index contributed by atoms with van der Waals surface area (Å²) in [5.41, 5.74) is 0.379. The molecular formula is C15H14F3NO2. The lowest BCUT2D eigenvalue weighted by molar-refractivity contribution is -0.198. The number of rotatable bonds is 5. The van der Waals surface area contributed by atoms with E-state index in [-0.39, 0.29) is 0 Å². The minimum absolute atomic E-state index is 0.379. The van der Waals surface area contributed by atoms with Gasteiger partial charge in [0.2, 0.25) is 0 Å². The molecule has 0 fully saturated rings. The third-order valence-corrected chi connectivity index (χ3v) is 2.72. The molecule has 21 heavy (non-hydrogen) atoms. The summed E-state index contributed by atoms with van der Waals surface area (Å²) >= 11 is 0. The Morgan fingerprint density at radius 2 is 1.62 bits per heavy atom. The molecule has 112 valence electrons. The van der Waals surface area contributed by atoms with Gasteiger partial charge in [-0.25, -0.2) is 0 Å². The first-order valence-electron chi connectivity index (χ1n) is 6.27. The molecule has 2 N–H and O–H groups in total. The van der Waals surface area contributed by atoms with Crippen LogP contribution in [0.2, 0.25) is 0 Å². The van der Waals surface area contributed by atoms with Crippen molar-refractivity contribution in [3.05, 3.63) is 54.6 Å². The van der Waals surface area contributed by atoms with Crippen LogP contribution in [0.3, 0.4) is 0 Å². The number of benzene rings is 2. The average molecular weight is 297 g/mol. The molecule has 0 heterocycles. The summed E-state index contributed by atoms with van der Waals surface area (Å²) in [5, 5.41) is 11.5. The third kappa shape index (κ3) is 4.39. The van der Waals surface area contributed by atoms with Crippen molar-refractivity contribution < 1.29 is 23.0 Å². The maximum Gasteiger partial charge on any atom is 0.416 e. The molecule has 1 unspecified atom stereocenters. The van der Waals surface area contributed by atoms with Crippen LogP contribution in [-0.2, 0) is 0 Å². The topological polar surface area (TPSA) is 41.5 Å². The largest absolute Gasteiger partial charge is 0.455 e. The minimum atomic E-state index is -4.65. The monoisotopic (exact) mass is 297 g/mol. The molecule has 2 aromatic carbocycles. The smallest absolute Gasteiger partial charge is 0.416 e. The van der Waals surface area contributed by atoms with Crippen LogP contribution in [0.4, 0.5) is 18.9 Å². The van der Waals surface area contributed by atoms with Gasteiger partial charge in [0.25, 0.3) is 0 Å². The molecule has 0 spiro atoms. The number of ether oxygens (including phenoxy) is 1. The van der Waals surface area contributed by atoms with E-state index in [1.54, 1.807) is 48.5 Å². The fourth-order valence-electron chi connectivity index (χ4n) is 1.64. The minimum Gasteiger partial charge on any atom is -0.455 e. The summed E-state index contributed by atoms with van der Waals surface area (Å²) in [6.45, 7) is -0.640. The van der Waals surface area contributed by atoms with E-state index in [1.165, 1.54) is 0 Å². The van der Waals surface area contributed by atoms with Crippen molar-refractivity contribution in [3.63, 3.8) is 0 Å². The van der Waals surface area contributed by atoms with Crippen LogP contribution in [-0.4, -0.2) is 23.9 Å². The third-order valence-electron chi connectivity index (χ3n) is 2.72. The second-order valence-corrected chi connectivity index (χ2v) is 4.35. The Hall–Kier alpha value is -2.21. The highest BCUT2D eigenvalue weighted by Crippen LogP contribution is 2.29. The maximum atomic E-state index is 12.3. The molecule has 2 rings (SSSR count). The number of alkyl halides is 3. The molecule has 0 aliphatic rings. The fraction of sp³-hybridized carbons (Fsp3) is 0.200. The zero-order valence-electron chi connectivity index (χ0n) is 11.0. The van der Waals surface area contributed by atoms with Crippen LogP contribution >= 0.6 is 0 Å². The maximum absolute atomic E-state index is 12.3. The van der Waals surface area contributed by atoms with Gasteiger partial charge in [0.05, 0.1) is 5.69 Å². The number of anilines is 1. The van der Waals surface area contributed by atoms with Gasteiger partial charge in [-0.15, -0.1) is 0 Å². The van der Waals surface area contributed by atoms with Crippen molar-refractivity contribution in [2.75, 3.05) is 11.9 Å².